The number of amides is 1. The van der Waals surface area contributed by atoms with Gasteiger partial charge < -0.3 is 10.2 Å². The van der Waals surface area contributed by atoms with Gasteiger partial charge in [-0.15, -0.1) is 24.8 Å². The maximum Gasteiger partial charge on any atom is 0.227 e. The molecule has 2 fully saturated rings. The van der Waals surface area contributed by atoms with Crippen LogP contribution in [0.15, 0.2) is 24.3 Å². The lowest BCUT2D eigenvalue weighted by Gasteiger charge is -2.39. The fourth-order valence-electron chi connectivity index (χ4n) is 3.41. The van der Waals surface area contributed by atoms with Gasteiger partial charge in [-0.25, -0.2) is 0 Å². The highest BCUT2D eigenvalue weighted by Gasteiger charge is 2.30. The van der Waals surface area contributed by atoms with Crippen molar-refractivity contribution >= 4 is 42.3 Å². The molecule has 2 unspecified atom stereocenters. The van der Waals surface area contributed by atoms with Crippen LogP contribution in [-0.4, -0.2) is 55.0 Å². The van der Waals surface area contributed by atoms with E-state index in [1.165, 1.54) is 5.56 Å². The molecule has 0 bridgehead atoms. The van der Waals surface area contributed by atoms with E-state index in [2.05, 4.69) is 29.3 Å². The predicted molar refractivity (Wildman–Crippen MR) is 103 cm³/mol. The van der Waals surface area contributed by atoms with Crippen molar-refractivity contribution in [2.75, 3.05) is 39.3 Å². The van der Waals surface area contributed by atoms with E-state index in [1.54, 1.807) is 0 Å². The van der Waals surface area contributed by atoms with Crippen LogP contribution < -0.4 is 5.32 Å². The summed E-state index contributed by atoms with van der Waals surface area (Å²) < 4.78 is 0. The van der Waals surface area contributed by atoms with E-state index < -0.39 is 0 Å². The molecule has 0 spiro atoms. The predicted octanol–water partition coefficient (Wildman–Crippen LogP) is 3.00. The smallest absolute Gasteiger partial charge is 0.227 e. The molecule has 0 aromatic heterocycles. The Morgan fingerprint density at radius 2 is 1.79 bits per heavy atom. The van der Waals surface area contributed by atoms with Gasteiger partial charge in [0.2, 0.25) is 5.91 Å². The van der Waals surface area contributed by atoms with Gasteiger partial charge in [0.15, 0.2) is 0 Å². The summed E-state index contributed by atoms with van der Waals surface area (Å²) in [7, 11) is 0. The molecule has 0 radical (unpaired) electrons. The maximum absolute atomic E-state index is 12.4. The SMILES string of the molecule is CC(c1ccc(Cl)cc1)N1CCN(C(=O)C2CCNC2)CC1.Cl.Cl. The minimum atomic E-state index is 0. The summed E-state index contributed by atoms with van der Waals surface area (Å²) in [6, 6.07) is 8.44. The molecule has 0 saturated carbocycles. The van der Waals surface area contributed by atoms with E-state index >= 15 is 0 Å². The molecule has 7 heteroatoms. The Morgan fingerprint density at radius 1 is 1.17 bits per heavy atom. The van der Waals surface area contributed by atoms with Gasteiger partial charge >= 0.3 is 0 Å². The number of carbonyl (C=O) groups excluding carboxylic acids is 1. The first-order chi connectivity index (χ1) is 10.6. The molecule has 136 valence electrons. The van der Waals surface area contributed by atoms with Crippen LogP contribution in [0.4, 0.5) is 0 Å². The summed E-state index contributed by atoms with van der Waals surface area (Å²) in [5, 5.41) is 4.05. The third-order valence-electron chi connectivity index (χ3n) is 4.94. The molecular weight excluding hydrogens is 369 g/mol. The van der Waals surface area contributed by atoms with Crippen LogP contribution in [-0.2, 0) is 4.79 Å². The second-order valence-electron chi connectivity index (χ2n) is 6.28. The molecule has 2 aliphatic rings. The highest BCUT2D eigenvalue weighted by Crippen LogP contribution is 2.24. The van der Waals surface area contributed by atoms with Crippen molar-refractivity contribution in [2.45, 2.75) is 19.4 Å². The normalized spacial score (nSPS) is 22.4. The zero-order valence-electron chi connectivity index (χ0n) is 13.9. The number of nitrogens with zero attached hydrogens (tertiary/aromatic N) is 2. The fourth-order valence-corrected chi connectivity index (χ4v) is 3.53. The number of benzene rings is 1. The molecule has 4 nitrogen and oxygen atoms in total. The van der Waals surface area contributed by atoms with Gasteiger partial charge in [-0.3, -0.25) is 9.69 Å². The van der Waals surface area contributed by atoms with Crippen molar-refractivity contribution in [3.05, 3.63) is 34.9 Å². The topological polar surface area (TPSA) is 35.6 Å². The number of piperazine rings is 1. The van der Waals surface area contributed by atoms with Gasteiger partial charge in [0, 0.05) is 43.8 Å². The zero-order chi connectivity index (χ0) is 15.5. The third kappa shape index (κ3) is 4.99. The van der Waals surface area contributed by atoms with Gasteiger partial charge in [0.25, 0.3) is 0 Å². The quantitative estimate of drug-likeness (QED) is 0.856. The van der Waals surface area contributed by atoms with Crippen molar-refractivity contribution in [2.24, 2.45) is 5.92 Å². The Balaban J connectivity index is 0.00000144. The summed E-state index contributed by atoms with van der Waals surface area (Å²) in [5.41, 5.74) is 1.28. The zero-order valence-corrected chi connectivity index (χ0v) is 16.3. The fraction of sp³-hybridized carbons (Fsp3) is 0.588. The average Bonchev–Trinajstić information content (AvgIpc) is 3.09. The average molecular weight is 395 g/mol. The van der Waals surface area contributed by atoms with E-state index in [0.29, 0.717) is 11.9 Å². The van der Waals surface area contributed by atoms with Gasteiger partial charge in [-0.05, 0) is 37.6 Å². The van der Waals surface area contributed by atoms with Crippen LogP contribution in [0.25, 0.3) is 0 Å². The van der Waals surface area contributed by atoms with E-state index in [1.807, 2.05) is 17.0 Å². The van der Waals surface area contributed by atoms with Crippen molar-refractivity contribution in [1.29, 1.82) is 0 Å². The van der Waals surface area contributed by atoms with E-state index in [9.17, 15) is 4.79 Å². The van der Waals surface area contributed by atoms with Crippen molar-refractivity contribution in [3.8, 4) is 0 Å². The second kappa shape index (κ2) is 9.83. The monoisotopic (exact) mass is 393 g/mol. The largest absolute Gasteiger partial charge is 0.340 e. The van der Waals surface area contributed by atoms with Gasteiger partial charge in [-0.2, -0.15) is 0 Å². The first-order valence-corrected chi connectivity index (χ1v) is 8.52. The number of hydrogen-bond acceptors (Lipinski definition) is 3. The van der Waals surface area contributed by atoms with Gasteiger partial charge in [0.05, 0.1) is 5.92 Å². The molecule has 1 N–H and O–H groups in total. The third-order valence-corrected chi connectivity index (χ3v) is 5.19. The minimum Gasteiger partial charge on any atom is -0.340 e. The second-order valence-corrected chi connectivity index (χ2v) is 6.71. The lowest BCUT2D eigenvalue weighted by atomic mass is 10.0. The maximum atomic E-state index is 12.4. The van der Waals surface area contributed by atoms with Crippen molar-refractivity contribution in [3.63, 3.8) is 0 Å². The highest BCUT2D eigenvalue weighted by molar-refractivity contribution is 6.30. The van der Waals surface area contributed by atoms with Crippen LogP contribution >= 0.6 is 36.4 Å². The molecule has 1 amide bonds. The lowest BCUT2D eigenvalue weighted by Crippen LogP contribution is -2.51. The molecule has 1 aromatic rings. The lowest BCUT2D eigenvalue weighted by molar-refractivity contribution is -0.137. The first-order valence-electron chi connectivity index (χ1n) is 8.14. The van der Waals surface area contributed by atoms with Crippen LogP contribution in [0.2, 0.25) is 5.02 Å². The summed E-state index contributed by atoms with van der Waals surface area (Å²) in [4.78, 5) is 16.9. The van der Waals surface area contributed by atoms with E-state index in [-0.39, 0.29) is 30.7 Å². The molecule has 2 atom stereocenters. The Kier molecular flexibility index (Phi) is 8.82. The first kappa shape index (κ1) is 21.5. The molecule has 2 heterocycles. The van der Waals surface area contributed by atoms with Crippen molar-refractivity contribution < 1.29 is 4.79 Å². The summed E-state index contributed by atoms with van der Waals surface area (Å²) in [6.07, 6.45) is 0.986. The molecule has 24 heavy (non-hydrogen) atoms. The number of carbonyl (C=O) groups is 1. The van der Waals surface area contributed by atoms with Crippen molar-refractivity contribution in [1.82, 2.24) is 15.1 Å². The number of hydrogen-bond donors (Lipinski definition) is 1. The van der Waals surface area contributed by atoms with Gasteiger partial charge in [0.1, 0.15) is 0 Å². The summed E-state index contributed by atoms with van der Waals surface area (Å²) in [6.45, 7) is 7.61. The number of rotatable bonds is 3. The molecule has 2 saturated heterocycles. The number of nitrogens with one attached hydrogen (secondary N) is 1. The molecule has 3 rings (SSSR count). The molecular formula is C17H26Cl3N3O. The number of halogens is 3. The Morgan fingerprint density at radius 3 is 2.33 bits per heavy atom. The van der Waals surface area contributed by atoms with E-state index in [4.69, 9.17) is 11.6 Å². The van der Waals surface area contributed by atoms with Crippen LogP contribution in [0.1, 0.15) is 24.9 Å². The van der Waals surface area contributed by atoms with Crippen LogP contribution in [0.5, 0.6) is 0 Å². The Bertz CT molecular complexity index is 512. The molecule has 2 aliphatic heterocycles. The standard InChI is InChI=1S/C17H24ClN3O.2ClH/c1-13(14-2-4-16(18)5-3-14)20-8-10-21(11-9-20)17(22)15-6-7-19-12-15;;/h2-5,13,15,19H,6-12H2,1H3;2*1H. The molecule has 0 aliphatic carbocycles. The Hall–Kier alpha value is -0.520. The minimum absolute atomic E-state index is 0. The van der Waals surface area contributed by atoms with Crippen LogP contribution in [0.3, 0.4) is 0 Å². The van der Waals surface area contributed by atoms with E-state index in [0.717, 1.165) is 50.7 Å². The molecule has 1 aromatic carbocycles. The Labute approximate surface area is 161 Å². The summed E-state index contributed by atoms with van der Waals surface area (Å²) in [5.74, 6) is 0.532. The summed E-state index contributed by atoms with van der Waals surface area (Å²) >= 11 is 5.96. The highest BCUT2D eigenvalue weighted by atomic mass is 35.5. The van der Waals surface area contributed by atoms with Crippen LogP contribution in [0, 0.1) is 5.92 Å². The van der Waals surface area contributed by atoms with Gasteiger partial charge in [-0.1, -0.05) is 23.7 Å².